The van der Waals surface area contributed by atoms with Gasteiger partial charge < -0.3 is 5.73 Å². The summed E-state index contributed by atoms with van der Waals surface area (Å²) in [6.07, 6.45) is 5.31. The lowest BCUT2D eigenvalue weighted by Gasteiger charge is -2.18. The third kappa shape index (κ3) is 1.74. The normalized spacial score (nSPS) is 35.1. The van der Waals surface area contributed by atoms with Gasteiger partial charge in [-0.05, 0) is 12.8 Å². The Morgan fingerprint density at radius 3 is 2.64 bits per heavy atom. The Labute approximate surface area is 68.8 Å². The molecule has 62 valence electrons. The SMILES string of the molecule is C#CC(C)N1CC(C)C(N)C1. The van der Waals surface area contributed by atoms with Crippen molar-refractivity contribution in [2.24, 2.45) is 11.7 Å². The van der Waals surface area contributed by atoms with E-state index in [-0.39, 0.29) is 6.04 Å². The van der Waals surface area contributed by atoms with Crippen LogP contribution in [0.2, 0.25) is 0 Å². The molecule has 0 aromatic carbocycles. The summed E-state index contributed by atoms with van der Waals surface area (Å²) >= 11 is 0. The van der Waals surface area contributed by atoms with Gasteiger partial charge in [0, 0.05) is 19.1 Å². The third-order valence-electron chi connectivity index (χ3n) is 2.49. The Hall–Kier alpha value is -0.520. The summed E-state index contributed by atoms with van der Waals surface area (Å²) in [7, 11) is 0. The minimum atomic E-state index is 0.242. The zero-order chi connectivity index (χ0) is 8.43. The zero-order valence-corrected chi connectivity index (χ0v) is 7.25. The molecule has 0 amide bonds. The molecule has 1 saturated heterocycles. The average Bonchev–Trinajstić information content (AvgIpc) is 2.31. The first kappa shape index (κ1) is 8.58. The molecule has 1 heterocycles. The zero-order valence-electron chi connectivity index (χ0n) is 7.25. The van der Waals surface area contributed by atoms with E-state index >= 15 is 0 Å². The summed E-state index contributed by atoms with van der Waals surface area (Å²) < 4.78 is 0. The van der Waals surface area contributed by atoms with Gasteiger partial charge in [0.25, 0.3) is 0 Å². The summed E-state index contributed by atoms with van der Waals surface area (Å²) in [5.41, 5.74) is 5.85. The molecule has 0 radical (unpaired) electrons. The maximum atomic E-state index is 5.85. The van der Waals surface area contributed by atoms with Crippen LogP contribution < -0.4 is 5.73 Å². The van der Waals surface area contributed by atoms with E-state index in [2.05, 4.69) is 17.7 Å². The van der Waals surface area contributed by atoms with E-state index in [1.165, 1.54) is 0 Å². The van der Waals surface area contributed by atoms with E-state index in [9.17, 15) is 0 Å². The van der Waals surface area contributed by atoms with E-state index in [1.807, 2.05) is 6.92 Å². The summed E-state index contributed by atoms with van der Waals surface area (Å²) in [5, 5.41) is 0. The molecule has 0 spiro atoms. The van der Waals surface area contributed by atoms with Gasteiger partial charge >= 0.3 is 0 Å². The van der Waals surface area contributed by atoms with Crippen LogP contribution in [0.3, 0.4) is 0 Å². The predicted molar refractivity (Wildman–Crippen MR) is 47.0 cm³/mol. The lowest BCUT2D eigenvalue weighted by molar-refractivity contribution is 0.297. The van der Waals surface area contributed by atoms with Crippen LogP contribution in [0, 0.1) is 18.3 Å². The maximum absolute atomic E-state index is 5.85. The van der Waals surface area contributed by atoms with Crippen molar-refractivity contribution in [3.8, 4) is 12.3 Å². The van der Waals surface area contributed by atoms with Crippen molar-refractivity contribution in [2.75, 3.05) is 13.1 Å². The Kier molecular flexibility index (Phi) is 2.53. The molecule has 1 aliphatic heterocycles. The van der Waals surface area contributed by atoms with Gasteiger partial charge in [-0.15, -0.1) is 6.42 Å². The van der Waals surface area contributed by atoms with Crippen molar-refractivity contribution < 1.29 is 0 Å². The maximum Gasteiger partial charge on any atom is 0.0683 e. The number of nitrogens with zero attached hydrogens (tertiary/aromatic N) is 1. The van der Waals surface area contributed by atoms with Gasteiger partial charge in [0.2, 0.25) is 0 Å². The fourth-order valence-electron chi connectivity index (χ4n) is 1.45. The number of likely N-dealkylation sites (tertiary alicyclic amines) is 1. The van der Waals surface area contributed by atoms with Crippen LogP contribution in [-0.4, -0.2) is 30.1 Å². The van der Waals surface area contributed by atoms with Crippen molar-refractivity contribution in [1.29, 1.82) is 0 Å². The molecular weight excluding hydrogens is 136 g/mol. The molecule has 2 N–H and O–H groups in total. The molecular formula is C9H16N2. The Morgan fingerprint density at radius 1 is 1.64 bits per heavy atom. The first-order chi connectivity index (χ1) is 5.15. The fraction of sp³-hybridized carbons (Fsp3) is 0.778. The summed E-state index contributed by atoms with van der Waals surface area (Å²) in [6.45, 7) is 6.22. The van der Waals surface area contributed by atoms with E-state index in [0.29, 0.717) is 12.0 Å². The highest BCUT2D eigenvalue weighted by Gasteiger charge is 2.28. The van der Waals surface area contributed by atoms with Gasteiger partial charge in [-0.25, -0.2) is 0 Å². The van der Waals surface area contributed by atoms with Gasteiger partial charge in [0.1, 0.15) is 0 Å². The smallest absolute Gasteiger partial charge is 0.0683 e. The second-order valence-electron chi connectivity index (χ2n) is 3.44. The molecule has 2 heteroatoms. The second-order valence-corrected chi connectivity index (χ2v) is 3.44. The van der Waals surface area contributed by atoms with E-state index in [4.69, 9.17) is 12.2 Å². The lowest BCUT2D eigenvalue weighted by Crippen LogP contribution is -2.32. The highest BCUT2D eigenvalue weighted by Crippen LogP contribution is 2.16. The van der Waals surface area contributed by atoms with Crippen LogP contribution >= 0.6 is 0 Å². The number of nitrogens with two attached hydrogens (primary N) is 1. The first-order valence-electron chi connectivity index (χ1n) is 4.11. The van der Waals surface area contributed by atoms with Gasteiger partial charge in [-0.2, -0.15) is 0 Å². The van der Waals surface area contributed by atoms with Crippen LogP contribution in [-0.2, 0) is 0 Å². The lowest BCUT2D eigenvalue weighted by atomic mass is 10.1. The highest BCUT2D eigenvalue weighted by atomic mass is 15.2. The number of rotatable bonds is 1. The molecule has 11 heavy (non-hydrogen) atoms. The largest absolute Gasteiger partial charge is 0.326 e. The predicted octanol–water partition coefficient (Wildman–Crippen LogP) is 0.287. The second kappa shape index (κ2) is 3.25. The first-order valence-corrected chi connectivity index (χ1v) is 4.11. The molecule has 1 rings (SSSR count). The van der Waals surface area contributed by atoms with Crippen molar-refractivity contribution in [1.82, 2.24) is 4.90 Å². The fourth-order valence-corrected chi connectivity index (χ4v) is 1.45. The van der Waals surface area contributed by atoms with Crippen LogP contribution in [0.25, 0.3) is 0 Å². The van der Waals surface area contributed by atoms with Crippen LogP contribution in [0.1, 0.15) is 13.8 Å². The minimum absolute atomic E-state index is 0.242. The molecule has 2 nitrogen and oxygen atoms in total. The molecule has 1 fully saturated rings. The van der Waals surface area contributed by atoms with Crippen molar-refractivity contribution >= 4 is 0 Å². The van der Waals surface area contributed by atoms with Crippen LogP contribution in [0.4, 0.5) is 0 Å². The van der Waals surface area contributed by atoms with Gasteiger partial charge in [-0.1, -0.05) is 12.8 Å². The molecule has 0 saturated carbocycles. The molecule has 3 atom stereocenters. The topological polar surface area (TPSA) is 29.3 Å². The van der Waals surface area contributed by atoms with Crippen molar-refractivity contribution in [3.63, 3.8) is 0 Å². The molecule has 0 bridgehead atoms. The number of terminal acetylenes is 1. The average molecular weight is 152 g/mol. The molecule has 0 aliphatic carbocycles. The van der Waals surface area contributed by atoms with Crippen LogP contribution in [0.15, 0.2) is 0 Å². The Balaban J connectivity index is 2.48. The standard InChI is InChI=1S/C9H16N2/c1-4-8(3)11-5-7(2)9(10)6-11/h1,7-9H,5-6,10H2,2-3H3. The summed E-state index contributed by atoms with van der Waals surface area (Å²) in [4.78, 5) is 2.26. The number of hydrogen-bond donors (Lipinski definition) is 1. The van der Waals surface area contributed by atoms with Gasteiger partial charge in [0.05, 0.1) is 6.04 Å². The highest BCUT2D eigenvalue weighted by molar-refractivity contribution is 5.00. The third-order valence-corrected chi connectivity index (χ3v) is 2.49. The minimum Gasteiger partial charge on any atom is -0.326 e. The Bertz CT molecular complexity index is 161. The molecule has 3 unspecified atom stereocenters. The van der Waals surface area contributed by atoms with E-state index in [0.717, 1.165) is 13.1 Å². The molecule has 0 aromatic rings. The van der Waals surface area contributed by atoms with Crippen molar-refractivity contribution in [2.45, 2.75) is 25.9 Å². The van der Waals surface area contributed by atoms with Gasteiger partial charge in [-0.3, -0.25) is 4.90 Å². The van der Waals surface area contributed by atoms with E-state index < -0.39 is 0 Å². The molecule has 0 aromatic heterocycles. The quantitative estimate of drug-likeness (QED) is 0.547. The van der Waals surface area contributed by atoms with Crippen LogP contribution in [0.5, 0.6) is 0 Å². The number of hydrogen-bond acceptors (Lipinski definition) is 2. The summed E-state index contributed by atoms with van der Waals surface area (Å²) in [5.74, 6) is 3.31. The monoisotopic (exact) mass is 152 g/mol. The summed E-state index contributed by atoms with van der Waals surface area (Å²) in [6, 6.07) is 0.553. The Morgan fingerprint density at radius 2 is 2.27 bits per heavy atom. The van der Waals surface area contributed by atoms with E-state index in [1.54, 1.807) is 0 Å². The molecule has 1 aliphatic rings. The van der Waals surface area contributed by atoms with Crippen molar-refractivity contribution in [3.05, 3.63) is 0 Å². The van der Waals surface area contributed by atoms with Gasteiger partial charge in [0.15, 0.2) is 0 Å².